The van der Waals surface area contributed by atoms with Gasteiger partial charge in [0.25, 0.3) is 10.0 Å². The van der Waals surface area contributed by atoms with Crippen molar-refractivity contribution in [3.63, 3.8) is 0 Å². The lowest BCUT2D eigenvalue weighted by atomic mass is 9.95. The Balaban J connectivity index is 1.79. The number of benzene rings is 2. The number of pyridine rings is 1. The van der Waals surface area contributed by atoms with Crippen LogP contribution in [0.3, 0.4) is 0 Å². The first-order valence-electron chi connectivity index (χ1n) is 12.1. The van der Waals surface area contributed by atoms with E-state index in [-0.39, 0.29) is 10.7 Å². The van der Waals surface area contributed by atoms with Crippen LogP contribution in [-0.2, 0) is 10.0 Å². The number of carbonyl (C=O) groups is 1. The molecule has 2 aromatic carbocycles. The quantitative estimate of drug-likeness (QED) is 0.286. The van der Waals surface area contributed by atoms with E-state index in [9.17, 15) is 13.2 Å². The normalized spacial score (nSPS) is 14.9. The molecule has 1 aliphatic carbocycles. The standard InChI is InChI=1S/C29H28N2O4S/c1-20(32)22-12-14-23(15-13-22)27(16-21-8-6-7-9-21)28-18-24-17-25(35-2)19-30-29(24)31(28)36(33,34)26-10-4-3-5-11-26/h3-5,10-19,21H,6-9H2,1-2H3. The lowest BCUT2D eigenvalue weighted by Crippen LogP contribution is -2.16. The van der Waals surface area contributed by atoms with Crippen LogP contribution < -0.4 is 4.74 Å². The zero-order valence-corrected chi connectivity index (χ0v) is 21.2. The zero-order valence-electron chi connectivity index (χ0n) is 20.3. The highest BCUT2D eigenvalue weighted by atomic mass is 32.2. The summed E-state index contributed by atoms with van der Waals surface area (Å²) in [6.07, 6.45) is 8.16. The van der Waals surface area contributed by atoms with Crippen LogP contribution in [0.25, 0.3) is 16.6 Å². The maximum Gasteiger partial charge on any atom is 0.269 e. The molecule has 0 N–H and O–H groups in total. The summed E-state index contributed by atoms with van der Waals surface area (Å²) in [6, 6.07) is 19.4. The smallest absolute Gasteiger partial charge is 0.269 e. The van der Waals surface area contributed by atoms with Crippen molar-refractivity contribution in [2.24, 2.45) is 5.92 Å². The molecule has 2 aromatic heterocycles. The molecule has 36 heavy (non-hydrogen) atoms. The number of hydrogen-bond acceptors (Lipinski definition) is 5. The first kappa shape index (κ1) is 24.0. The zero-order chi connectivity index (χ0) is 25.3. The van der Waals surface area contributed by atoms with Crippen molar-refractivity contribution < 1.29 is 17.9 Å². The second-order valence-electron chi connectivity index (χ2n) is 9.16. The van der Waals surface area contributed by atoms with E-state index >= 15 is 0 Å². The van der Waals surface area contributed by atoms with E-state index in [1.54, 1.807) is 55.6 Å². The number of hydrogen-bond donors (Lipinski definition) is 0. The Kier molecular flexibility index (Phi) is 6.49. The van der Waals surface area contributed by atoms with Gasteiger partial charge in [0, 0.05) is 16.5 Å². The number of fused-ring (bicyclic) bond motifs is 1. The van der Waals surface area contributed by atoms with Crippen molar-refractivity contribution in [1.82, 2.24) is 8.96 Å². The van der Waals surface area contributed by atoms with E-state index in [1.165, 1.54) is 17.1 Å². The van der Waals surface area contributed by atoms with Crippen LogP contribution in [-0.4, -0.2) is 30.3 Å². The van der Waals surface area contributed by atoms with Gasteiger partial charge >= 0.3 is 0 Å². The highest BCUT2D eigenvalue weighted by molar-refractivity contribution is 7.90. The molecule has 1 saturated carbocycles. The van der Waals surface area contributed by atoms with Crippen LogP contribution in [0, 0.1) is 5.92 Å². The molecule has 184 valence electrons. The van der Waals surface area contributed by atoms with Crippen molar-refractivity contribution in [2.75, 3.05) is 7.11 Å². The van der Waals surface area contributed by atoms with Crippen LogP contribution in [0.2, 0.25) is 0 Å². The van der Waals surface area contributed by atoms with Crippen molar-refractivity contribution >= 4 is 32.4 Å². The predicted molar refractivity (Wildman–Crippen MR) is 141 cm³/mol. The van der Waals surface area contributed by atoms with Crippen molar-refractivity contribution in [3.05, 3.63) is 95.8 Å². The van der Waals surface area contributed by atoms with Crippen molar-refractivity contribution in [2.45, 2.75) is 37.5 Å². The lowest BCUT2D eigenvalue weighted by molar-refractivity contribution is 0.101. The van der Waals surface area contributed by atoms with Crippen molar-refractivity contribution in [3.8, 4) is 5.75 Å². The highest BCUT2D eigenvalue weighted by Gasteiger charge is 2.27. The van der Waals surface area contributed by atoms with Crippen molar-refractivity contribution in [1.29, 1.82) is 0 Å². The van der Waals surface area contributed by atoms with Crippen LogP contribution in [0.5, 0.6) is 5.75 Å². The molecule has 0 amide bonds. The summed E-state index contributed by atoms with van der Waals surface area (Å²) in [5.74, 6) is 0.885. The molecule has 0 aliphatic heterocycles. The largest absolute Gasteiger partial charge is 0.495 e. The molecule has 0 saturated heterocycles. The van der Waals surface area contributed by atoms with Gasteiger partial charge in [-0.25, -0.2) is 17.4 Å². The highest BCUT2D eigenvalue weighted by Crippen LogP contribution is 2.37. The van der Waals surface area contributed by atoms with E-state index in [1.807, 2.05) is 18.2 Å². The fraction of sp³-hybridized carbons (Fsp3) is 0.241. The maximum atomic E-state index is 14.0. The average Bonchev–Trinajstić information content (AvgIpc) is 3.55. The number of ether oxygens (including phenoxy) is 1. The minimum atomic E-state index is -3.96. The van der Waals surface area contributed by atoms with E-state index in [0.717, 1.165) is 36.8 Å². The second-order valence-corrected chi connectivity index (χ2v) is 10.9. The number of ketones is 1. The van der Waals surface area contributed by atoms with E-state index in [2.05, 4.69) is 11.1 Å². The number of allylic oxidation sites excluding steroid dienone is 1. The SMILES string of the molecule is COc1cnc2c(c1)cc(C(=CC1CCCC1)c1ccc(C(C)=O)cc1)n2S(=O)(=O)c1ccccc1. The third kappa shape index (κ3) is 4.46. The first-order chi connectivity index (χ1) is 17.4. The fourth-order valence-electron chi connectivity index (χ4n) is 4.86. The molecular weight excluding hydrogens is 472 g/mol. The minimum Gasteiger partial charge on any atom is -0.495 e. The molecule has 1 aliphatic rings. The molecule has 4 aromatic rings. The van der Waals surface area contributed by atoms with Crippen LogP contribution in [0.15, 0.2) is 83.9 Å². The Labute approximate surface area is 211 Å². The number of aromatic nitrogens is 2. The number of rotatable bonds is 7. The summed E-state index contributed by atoms with van der Waals surface area (Å²) >= 11 is 0. The Hall–Kier alpha value is -3.71. The lowest BCUT2D eigenvalue weighted by Gasteiger charge is -2.16. The number of carbonyl (C=O) groups excluding carboxylic acids is 1. The molecule has 0 unspecified atom stereocenters. The van der Waals surface area contributed by atoms with Gasteiger partial charge in [0.05, 0.1) is 23.9 Å². The first-order valence-corrected chi connectivity index (χ1v) is 13.5. The predicted octanol–water partition coefficient (Wildman–Crippen LogP) is 6.11. The van der Waals surface area contributed by atoms with Gasteiger partial charge in [0.15, 0.2) is 11.4 Å². The fourth-order valence-corrected chi connectivity index (χ4v) is 6.37. The third-order valence-corrected chi connectivity index (χ3v) is 8.49. The number of nitrogens with zero attached hydrogens (tertiary/aromatic N) is 2. The van der Waals surface area contributed by atoms with Crippen LogP contribution >= 0.6 is 0 Å². The van der Waals surface area contributed by atoms with Gasteiger partial charge in [0.1, 0.15) is 5.75 Å². The molecule has 0 atom stereocenters. The second kappa shape index (κ2) is 9.74. The molecule has 2 heterocycles. The minimum absolute atomic E-state index is 0.0139. The van der Waals surface area contributed by atoms with Gasteiger partial charge < -0.3 is 4.74 Å². The summed E-state index contributed by atoms with van der Waals surface area (Å²) in [5.41, 5.74) is 3.16. The van der Waals surface area contributed by atoms with Gasteiger partial charge in [-0.05, 0) is 55.5 Å². The summed E-state index contributed by atoms with van der Waals surface area (Å²) in [6.45, 7) is 1.54. The van der Waals surface area contributed by atoms with E-state index in [0.29, 0.717) is 34.0 Å². The maximum absolute atomic E-state index is 14.0. The molecular formula is C29H28N2O4S. The van der Waals surface area contributed by atoms with Gasteiger partial charge in [-0.2, -0.15) is 0 Å². The Morgan fingerprint density at radius 2 is 1.67 bits per heavy atom. The molecule has 7 heteroatoms. The Morgan fingerprint density at radius 3 is 2.31 bits per heavy atom. The van der Waals surface area contributed by atoms with Gasteiger partial charge in [-0.3, -0.25) is 4.79 Å². The van der Waals surface area contributed by atoms with Gasteiger partial charge in [-0.1, -0.05) is 61.4 Å². The van der Waals surface area contributed by atoms with Gasteiger partial charge in [0.2, 0.25) is 0 Å². The molecule has 0 bridgehead atoms. The summed E-state index contributed by atoms with van der Waals surface area (Å²) in [4.78, 5) is 16.6. The van der Waals surface area contributed by atoms with Crippen LogP contribution in [0.4, 0.5) is 0 Å². The monoisotopic (exact) mass is 500 g/mol. The summed E-state index contributed by atoms with van der Waals surface area (Å²) < 4.78 is 34.7. The topological polar surface area (TPSA) is 78.3 Å². The van der Waals surface area contributed by atoms with Gasteiger partial charge in [-0.15, -0.1) is 0 Å². The average molecular weight is 501 g/mol. The number of Topliss-reactive ketones (excluding diaryl/α,β-unsaturated/α-hetero) is 1. The van der Waals surface area contributed by atoms with E-state index in [4.69, 9.17) is 4.74 Å². The number of methoxy groups -OCH3 is 1. The molecule has 0 spiro atoms. The van der Waals surface area contributed by atoms with Crippen LogP contribution in [0.1, 0.15) is 54.2 Å². The third-order valence-electron chi connectivity index (χ3n) is 6.77. The molecule has 1 fully saturated rings. The molecule has 0 radical (unpaired) electrons. The molecule has 5 rings (SSSR count). The van der Waals surface area contributed by atoms with E-state index < -0.39 is 10.0 Å². The Bertz CT molecular complexity index is 1550. The molecule has 6 nitrogen and oxygen atoms in total. The summed E-state index contributed by atoms with van der Waals surface area (Å²) in [5, 5.41) is 0.668. The summed E-state index contributed by atoms with van der Waals surface area (Å²) in [7, 11) is -2.40. The Morgan fingerprint density at radius 1 is 1.00 bits per heavy atom.